The number of ketones is 1. The second kappa shape index (κ2) is 9.47. The molecule has 0 bridgehead atoms. The van der Waals surface area contributed by atoms with Crippen molar-refractivity contribution in [1.29, 1.82) is 0 Å². The van der Waals surface area contributed by atoms with Crippen molar-refractivity contribution in [1.82, 2.24) is 20.9 Å². The van der Waals surface area contributed by atoms with Crippen LogP contribution in [0.1, 0.15) is 88.0 Å². The highest BCUT2D eigenvalue weighted by atomic mass is 16.6. The van der Waals surface area contributed by atoms with Crippen molar-refractivity contribution in [2.75, 3.05) is 6.54 Å². The molecule has 0 aromatic carbocycles. The van der Waals surface area contributed by atoms with Crippen LogP contribution < -0.4 is 16.0 Å². The van der Waals surface area contributed by atoms with Gasteiger partial charge in [-0.2, -0.15) is 0 Å². The minimum atomic E-state index is -1.25. The van der Waals surface area contributed by atoms with Gasteiger partial charge < -0.3 is 25.6 Å². The predicted molar refractivity (Wildman–Crippen MR) is 144 cm³/mol. The number of nitrogens with zero attached hydrogens (tertiary/aromatic N) is 1. The Bertz CT molecular complexity index is 1060. The Hall–Kier alpha value is -2.65. The van der Waals surface area contributed by atoms with Gasteiger partial charge in [0.2, 0.25) is 17.6 Å². The molecule has 0 unspecified atom stereocenters. The lowest BCUT2D eigenvalue weighted by Gasteiger charge is -2.46. The molecule has 4 aliphatic rings. The highest BCUT2D eigenvalue weighted by molar-refractivity contribution is 6.40. The second-order valence-electron chi connectivity index (χ2n) is 15.0. The molecule has 3 N–H and O–H groups in total. The molecule has 4 atom stereocenters. The van der Waals surface area contributed by atoms with Crippen LogP contribution in [0, 0.1) is 28.6 Å². The number of amides is 4. The van der Waals surface area contributed by atoms with E-state index in [9.17, 15) is 24.0 Å². The van der Waals surface area contributed by atoms with Crippen LogP contribution in [0.4, 0.5) is 4.79 Å². The maximum absolute atomic E-state index is 14.0. The van der Waals surface area contributed by atoms with Crippen LogP contribution >= 0.6 is 0 Å². The van der Waals surface area contributed by atoms with E-state index in [1.165, 1.54) is 0 Å². The maximum atomic E-state index is 14.0. The fourth-order valence-corrected chi connectivity index (χ4v) is 6.53. The molecule has 4 rings (SSSR count). The monoisotopic (exact) mass is 546 g/mol. The van der Waals surface area contributed by atoms with E-state index in [4.69, 9.17) is 4.74 Å². The smallest absolute Gasteiger partial charge is 0.408 e. The zero-order valence-electron chi connectivity index (χ0n) is 24.9. The zero-order chi connectivity index (χ0) is 29.3. The summed E-state index contributed by atoms with van der Waals surface area (Å²) in [6.07, 6.45) is 1.80. The number of hydrogen-bond donors (Lipinski definition) is 3. The summed E-state index contributed by atoms with van der Waals surface area (Å²) in [5.41, 5.74) is -2.77. The summed E-state index contributed by atoms with van der Waals surface area (Å²) in [6, 6.07) is -1.68. The number of rotatable bonds is 7. The van der Waals surface area contributed by atoms with Crippen LogP contribution in [-0.4, -0.2) is 70.3 Å². The first-order valence-electron chi connectivity index (χ1n) is 14.2. The second-order valence-corrected chi connectivity index (χ2v) is 15.0. The Morgan fingerprint density at radius 3 is 2.05 bits per heavy atom. The van der Waals surface area contributed by atoms with Crippen LogP contribution in [0.5, 0.6) is 0 Å². The quantitative estimate of drug-likeness (QED) is 0.420. The van der Waals surface area contributed by atoms with Gasteiger partial charge in [0.05, 0.1) is 0 Å². The van der Waals surface area contributed by atoms with Gasteiger partial charge in [0.15, 0.2) is 0 Å². The molecule has 10 heteroatoms. The first-order valence-corrected chi connectivity index (χ1v) is 14.2. The standard InChI is InChI=1S/C29H46N4O6/c1-15-12-29(13-15,21(34)23(36)30-16-10-11-16)32-22(35)19-18-17(28(18,8)9)14-33(19)24(37)20(26(2,3)4)31-25(38)39-27(5,6)7/h15-20H,10-14H2,1-9H3,(H,30,36)(H,31,38)(H,32,35)/t15?,17-,18-,19-,20+,29?/m0/s1. The Kier molecular flexibility index (Phi) is 7.13. The molecule has 3 aliphatic carbocycles. The summed E-state index contributed by atoms with van der Waals surface area (Å²) in [6.45, 7) is 17.3. The van der Waals surface area contributed by atoms with Gasteiger partial charge in [-0.1, -0.05) is 41.5 Å². The average Bonchev–Trinajstić information content (AvgIpc) is 3.60. The van der Waals surface area contributed by atoms with Gasteiger partial charge in [-0.05, 0) is 75.0 Å². The third-order valence-electron chi connectivity index (χ3n) is 8.84. The summed E-state index contributed by atoms with van der Waals surface area (Å²) in [5.74, 6) is -1.78. The highest BCUT2D eigenvalue weighted by Crippen LogP contribution is 2.65. The van der Waals surface area contributed by atoms with Gasteiger partial charge >= 0.3 is 6.09 Å². The van der Waals surface area contributed by atoms with Gasteiger partial charge in [0.1, 0.15) is 23.2 Å². The van der Waals surface area contributed by atoms with Crippen LogP contribution in [0.25, 0.3) is 0 Å². The van der Waals surface area contributed by atoms with Crippen molar-refractivity contribution >= 4 is 29.6 Å². The lowest BCUT2D eigenvalue weighted by Crippen LogP contribution is -2.68. The van der Waals surface area contributed by atoms with Crippen LogP contribution in [-0.2, 0) is 23.9 Å². The van der Waals surface area contributed by atoms with Crippen molar-refractivity contribution in [3.63, 3.8) is 0 Å². The van der Waals surface area contributed by atoms with E-state index in [2.05, 4.69) is 29.8 Å². The molecule has 4 amide bonds. The molecule has 0 radical (unpaired) electrons. The van der Waals surface area contributed by atoms with Gasteiger partial charge in [0, 0.05) is 12.6 Å². The molecule has 10 nitrogen and oxygen atoms in total. The molecule has 218 valence electrons. The Morgan fingerprint density at radius 2 is 1.56 bits per heavy atom. The third kappa shape index (κ3) is 5.80. The summed E-state index contributed by atoms with van der Waals surface area (Å²) in [5, 5.41) is 8.44. The molecule has 0 spiro atoms. The van der Waals surface area contributed by atoms with Crippen LogP contribution in [0.15, 0.2) is 0 Å². The number of nitrogens with one attached hydrogen (secondary N) is 3. The topological polar surface area (TPSA) is 134 Å². The fourth-order valence-electron chi connectivity index (χ4n) is 6.53. The Morgan fingerprint density at radius 1 is 0.974 bits per heavy atom. The van der Waals surface area contributed by atoms with E-state index in [0.29, 0.717) is 19.4 Å². The van der Waals surface area contributed by atoms with E-state index in [1.54, 1.807) is 25.7 Å². The molecule has 0 aromatic rings. The number of ether oxygens (including phenoxy) is 1. The predicted octanol–water partition coefficient (Wildman–Crippen LogP) is 2.54. The zero-order valence-corrected chi connectivity index (χ0v) is 24.9. The number of hydrogen-bond acceptors (Lipinski definition) is 6. The first-order chi connectivity index (χ1) is 17.8. The molecular formula is C29H46N4O6. The van der Waals surface area contributed by atoms with Crippen LogP contribution in [0.2, 0.25) is 0 Å². The first kappa shape index (κ1) is 29.3. The maximum Gasteiger partial charge on any atom is 0.408 e. The van der Waals surface area contributed by atoms with Crippen molar-refractivity contribution in [3.8, 4) is 0 Å². The summed E-state index contributed by atoms with van der Waals surface area (Å²) in [4.78, 5) is 68.1. The SMILES string of the molecule is CC1CC(NC(=O)[C@@H]2[C@@H]3[C@H](CN2C(=O)[C@@H](NC(=O)OC(C)(C)C)C(C)(C)C)C3(C)C)(C(=O)C(=O)NC2CC2)C1. The number of piperidine rings is 1. The van der Waals surface area contributed by atoms with E-state index in [0.717, 1.165) is 12.8 Å². The van der Waals surface area contributed by atoms with Gasteiger partial charge in [-0.3, -0.25) is 19.2 Å². The lowest BCUT2D eigenvalue weighted by molar-refractivity contribution is -0.150. The normalized spacial score (nSPS) is 31.8. The van der Waals surface area contributed by atoms with Crippen molar-refractivity contribution in [2.24, 2.45) is 28.6 Å². The van der Waals surface area contributed by atoms with Gasteiger partial charge in [0.25, 0.3) is 5.91 Å². The minimum absolute atomic E-state index is 0.0365. The summed E-state index contributed by atoms with van der Waals surface area (Å²) in [7, 11) is 0. The molecule has 1 heterocycles. The van der Waals surface area contributed by atoms with Crippen molar-refractivity contribution in [3.05, 3.63) is 0 Å². The summed E-state index contributed by atoms with van der Waals surface area (Å²) < 4.78 is 5.42. The average molecular weight is 547 g/mol. The lowest BCUT2D eigenvalue weighted by atomic mass is 9.66. The number of likely N-dealkylation sites (tertiary alicyclic amines) is 1. The third-order valence-corrected chi connectivity index (χ3v) is 8.84. The van der Waals surface area contributed by atoms with Gasteiger partial charge in [-0.25, -0.2) is 4.79 Å². The number of alkyl carbamates (subject to hydrolysis) is 1. The minimum Gasteiger partial charge on any atom is -0.444 e. The largest absolute Gasteiger partial charge is 0.444 e. The molecule has 1 saturated heterocycles. The summed E-state index contributed by atoms with van der Waals surface area (Å²) >= 11 is 0. The number of Topliss-reactive ketones (excluding diaryl/α,β-unsaturated/α-hetero) is 1. The Balaban J connectivity index is 1.55. The molecule has 0 aromatic heterocycles. The highest BCUT2D eigenvalue weighted by Gasteiger charge is 2.70. The van der Waals surface area contributed by atoms with E-state index >= 15 is 0 Å². The molecular weight excluding hydrogens is 500 g/mol. The van der Waals surface area contributed by atoms with Gasteiger partial charge in [-0.15, -0.1) is 0 Å². The van der Waals surface area contributed by atoms with E-state index < -0.39 is 52.3 Å². The molecule has 3 saturated carbocycles. The number of carbonyl (C=O) groups excluding carboxylic acids is 5. The number of fused-ring (bicyclic) bond motifs is 1. The fraction of sp³-hybridized carbons (Fsp3) is 0.828. The Labute approximate surface area is 231 Å². The molecule has 4 fully saturated rings. The van der Waals surface area contributed by atoms with Crippen molar-refractivity contribution in [2.45, 2.75) is 117 Å². The van der Waals surface area contributed by atoms with Crippen molar-refractivity contribution < 1.29 is 28.7 Å². The molecule has 1 aliphatic heterocycles. The number of carbonyl (C=O) groups is 5. The molecule has 39 heavy (non-hydrogen) atoms. The van der Waals surface area contributed by atoms with Crippen LogP contribution in [0.3, 0.4) is 0 Å². The van der Waals surface area contributed by atoms with E-state index in [-0.39, 0.29) is 35.1 Å². The van der Waals surface area contributed by atoms with E-state index in [1.807, 2.05) is 27.7 Å².